The van der Waals surface area contributed by atoms with Gasteiger partial charge in [-0.25, -0.2) is 4.98 Å². The molecule has 1 unspecified atom stereocenters. The highest BCUT2D eigenvalue weighted by atomic mass is 16.4. The minimum Gasteiger partial charge on any atom is -0.480 e. The molecule has 5 N–H and O–H groups in total. The van der Waals surface area contributed by atoms with Gasteiger partial charge in [0.05, 0.1) is 17.4 Å². The second kappa shape index (κ2) is 5.61. The number of imidazole rings is 1. The van der Waals surface area contributed by atoms with Crippen LogP contribution in [-0.4, -0.2) is 33.6 Å². The number of nitrogens with zero attached hydrogens (tertiary/aromatic N) is 1. The van der Waals surface area contributed by atoms with Crippen LogP contribution in [0.1, 0.15) is 12.0 Å². The normalized spacial score (nSPS) is 12.7. The van der Waals surface area contributed by atoms with Crippen LogP contribution < -0.4 is 11.1 Å². The molecule has 6 nitrogen and oxygen atoms in total. The fraction of sp³-hybridized carbons (Fsp3) is 0.333. The number of benzene rings is 1. The molecule has 0 radical (unpaired) electrons. The van der Waals surface area contributed by atoms with E-state index in [4.69, 9.17) is 10.8 Å². The molecular weight excluding hydrogens is 232 g/mol. The zero-order valence-electron chi connectivity index (χ0n) is 9.89. The van der Waals surface area contributed by atoms with E-state index in [-0.39, 0.29) is 0 Å². The number of carboxylic acid groups (broad SMARTS) is 1. The van der Waals surface area contributed by atoms with E-state index in [2.05, 4.69) is 15.3 Å². The number of nitrogens with one attached hydrogen (secondary N) is 2. The van der Waals surface area contributed by atoms with E-state index in [0.717, 1.165) is 16.6 Å². The summed E-state index contributed by atoms with van der Waals surface area (Å²) in [6.07, 6.45) is 2.08. The number of rotatable bonds is 6. The highest BCUT2D eigenvalue weighted by molar-refractivity contribution is 5.75. The Kier molecular flexibility index (Phi) is 3.91. The quantitative estimate of drug-likeness (QED) is 0.556. The molecule has 1 heterocycles. The van der Waals surface area contributed by atoms with Crippen molar-refractivity contribution >= 4 is 17.0 Å². The van der Waals surface area contributed by atoms with E-state index in [1.54, 1.807) is 6.33 Å². The number of hydrogen-bond donors (Lipinski definition) is 4. The van der Waals surface area contributed by atoms with Crippen molar-refractivity contribution in [2.24, 2.45) is 5.73 Å². The maximum Gasteiger partial charge on any atom is 0.320 e. The van der Waals surface area contributed by atoms with Gasteiger partial charge in [0.25, 0.3) is 0 Å². The van der Waals surface area contributed by atoms with Crippen molar-refractivity contribution in [3.05, 3.63) is 30.1 Å². The van der Waals surface area contributed by atoms with Gasteiger partial charge in [-0.15, -0.1) is 0 Å². The lowest BCUT2D eigenvalue weighted by molar-refractivity contribution is -0.138. The number of carboxylic acids is 1. The van der Waals surface area contributed by atoms with E-state index < -0.39 is 12.0 Å². The molecule has 6 heteroatoms. The first-order chi connectivity index (χ1) is 8.66. The van der Waals surface area contributed by atoms with Crippen molar-refractivity contribution in [2.75, 3.05) is 6.54 Å². The molecular formula is C12H16N4O2. The molecule has 0 fully saturated rings. The molecule has 2 aromatic rings. The van der Waals surface area contributed by atoms with Crippen LogP contribution in [0.15, 0.2) is 24.5 Å². The van der Waals surface area contributed by atoms with E-state index in [0.29, 0.717) is 19.5 Å². The summed E-state index contributed by atoms with van der Waals surface area (Å²) in [6, 6.07) is 5.17. The third-order valence-electron chi connectivity index (χ3n) is 2.76. The summed E-state index contributed by atoms with van der Waals surface area (Å²) in [7, 11) is 0. The van der Waals surface area contributed by atoms with Crippen LogP contribution in [0.4, 0.5) is 0 Å². The average Bonchev–Trinajstić information content (AvgIpc) is 2.81. The van der Waals surface area contributed by atoms with E-state index >= 15 is 0 Å². The van der Waals surface area contributed by atoms with Crippen LogP contribution in [-0.2, 0) is 11.3 Å². The Balaban J connectivity index is 1.81. The maximum absolute atomic E-state index is 10.5. The Hall–Kier alpha value is -1.92. The minimum absolute atomic E-state index is 0.418. The second-order valence-electron chi connectivity index (χ2n) is 4.16. The fourth-order valence-electron chi connectivity index (χ4n) is 1.71. The molecule has 1 aromatic heterocycles. The monoisotopic (exact) mass is 248 g/mol. The highest BCUT2D eigenvalue weighted by Gasteiger charge is 2.09. The predicted octanol–water partition coefficient (Wildman–Crippen LogP) is 0.454. The molecule has 0 saturated heterocycles. The van der Waals surface area contributed by atoms with Gasteiger partial charge >= 0.3 is 5.97 Å². The van der Waals surface area contributed by atoms with Gasteiger partial charge in [0.15, 0.2) is 0 Å². The fourth-order valence-corrected chi connectivity index (χ4v) is 1.71. The standard InChI is InChI=1S/C12H16N4O2/c13-9(12(17)18)3-4-14-6-8-1-2-10-11(5-8)16-7-15-10/h1-2,5,7,9,14H,3-4,6,13H2,(H,15,16)(H,17,18). The lowest BCUT2D eigenvalue weighted by atomic mass is 10.2. The molecule has 0 aliphatic rings. The molecule has 0 bridgehead atoms. The Morgan fingerprint density at radius 1 is 1.56 bits per heavy atom. The number of carbonyl (C=O) groups is 1. The first-order valence-corrected chi connectivity index (χ1v) is 5.78. The van der Waals surface area contributed by atoms with Crippen molar-refractivity contribution in [1.82, 2.24) is 15.3 Å². The summed E-state index contributed by atoms with van der Waals surface area (Å²) in [5.41, 5.74) is 8.46. The Labute approximate surface area is 104 Å². The molecule has 18 heavy (non-hydrogen) atoms. The predicted molar refractivity (Wildman–Crippen MR) is 68.0 cm³/mol. The van der Waals surface area contributed by atoms with Crippen LogP contribution in [0, 0.1) is 0 Å². The summed E-state index contributed by atoms with van der Waals surface area (Å²) in [5, 5.41) is 11.8. The summed E-state index contributed by atoms with van der Waals surface area (Å²) in [5.74, 6) is -0.962. The van der Waals surface area contributed by atoms with Gasteiger partial charge < -0.3 is 21.1 Å². The SMILES string of the molecule is NC(CCNCc1ccc2nc[nH]c2c1)C(=O)O. The Morgan fingerprint density at radius 2 is 2.39 bits per heavy atom. The third-order valence-corrected chi connectivity index (χ3v) is 2.76. The van der Waals surface area contributed by atoms with E-state index in [1.165, 1.54) is 0 Å². The number of hydrogen-bond acceptors (Lipinski definition) is 4. The van der Waals surface area contributed by atoms with Gasteiger partial charge in [-0.2, -0.15) is 0 Å². The molecule has 2 rings (SSSR count). The second-order valence-corrected chi connectivity index (χ2v) is 4.16. The Morgan fingerprint density at radius 3 is 3.17 bits per heavy atom. The number of aromatic nitrogens is 2. The van der Waals surface area contributed by atoms with Crippen molar-refractivity contribution < 1.29 is 9.90 Å². The zero-order chi connectivity index (χ0) is 13.0. The average molecular weight is 248 g/mol. The number of H-pyrrole nitrogens is 1. The van der Waals surface area contributed by atoms with Crippen molar-refractivity contribution in [3.8, 4) is 0 Å². The van der Waals surface area contributed by atoms with E-state index in [1.807, 2.05) is 18.2 Å². The number of nitrogens with two attached hydrogens (primary N) is 1. The van der Waals surface area contributed by atoms with Gasteiger partial charge in [-0.3, -0.25) is 4.79 Å². The van der Waals surface area contributed by atoms with Gasteiger partial charge in [0.1, 0.15) is 6.04 Å². The topological polar surface area (TPSA) is 104 Å². The number of aromatic amines is 1. The summed E-state index contributed by atoms with van der Waals surface area (Å²) < 4.78 is 0. The number of fused-ring (bicyclic) bond motifs is 1. The lowest BCUT2D eigenvalue weighted by Crippen LogP contribution is -2.33. The minimum atomic E-state index is -0.962. The summed E-state index contributed by atoms with van der Waals surface area (Å²) in [4.78, 5) is 17.7. The van der Waals surface area contributed by atoms with Crippen LogP contribution >= 0.6 is 0 Å². The van der Waals surface area contributed by atoms with Crippen LogP contribution in [0.2, 0.25) is 0 Å². The van der Waals surface area contributed by atoms with Crippen LogP contribution in [0.25, 0.3) is 11.0 Å². The summed E-state index contributed by atoms with van der Waals surface area (Å²) >= 11 is 0. The largest absolute Gasteiger partial charge is 0.480 e. The molecule has 1 atom stereocenters. The van der Waals surface area contributed by atoms with Crippen LogP contribution in [0.5, 0.6) is 0 Å². The van der Waals surface area contributed by atoms with Crippen molar-refractivity contribution in [2.45, 2.75) is 19.0 Å². The third kappa shape index (κ3) is 3.06. The highest BCUT2D eigenvalue weighted by Crippen LogP contribution is 2.11. The van der Waals surface area contributed by atoms with Gasteiger partial charge in [-0.05, 0) is 30.7 Å². The lowest BCUT2D eigenvalue weighted by Gasteiger charge is -2.07. The molecule has 0 aliphatic heterocycles. The van der Waals surface area contributed by atoms with Gasteiger partial charge in [0, 0.05) is 6.54 Å². The van der Waals surface area contributed by atoms with Gasteiger partial charge in [-0.1, -0.05) is 6.07 Å². The molecule has 0 amide bonds. The first-order valence-electron chi connectivity index (χ1n) is 5.78. The van der Waals surface area contributed by atoms with Gasteiger partial charge in [0.2, 0.25) is 0 Å². The first kappa shape index (κ1) is 12.5. The smallest absolute Gasteiger partial charge is 0.320 e. The summed E-state index contributed by atoms with van der Waals surface area (Å²) in [6.45, 7) is 1.26. The van der Waals surface area contributed by atoms with Crippen molar-refractivity contribution in [3.63, 3.8) is 0 Å². The number of aliphatic carboxylic acids is 1. The molecule has 0 spiro atoms. The maximum atomic E-state index is 10.5. The van der Waals surface area contributed by atoms with E-state index in [9.17, 15) is 4.79 Å². The molecule has 0 aliphatic carbocycles. The molecule has 0 saturated carbocycles. The molecule has 96 valence electrons. The molecule has 1 aromatic carbocycles. The zero-order valence-corrected chi connectivity index (χ0v) is 9.89. The van der Waals surface area contributed by atoms with Crippen LogP contribution in [0.3, 0.4) is 0 Å². The van der Waals surface area contributed by atoms with Crippen molar-refractivity contribution in [1.29, 1.82) is 0 Å². The Bertz CT molecular complexity index is 538.